The number of sulfonamides is 1. The molecule has 1 aliphatic rings. The van der Waals surface area contributed by atoms with Gasteiger partial charge in [-0.3, -0.25) is 14.1 Å². The maximum atomic E-state index is 12.4. The van der Waals surface area contributed by atoms with Crippen molar-refractivity contribution in [1.29, 1.82) is 0 Å². The lowest BCUT2D eigenvalue weighted by molar-refractivity contribution is -0.114. The van der Waals surface area contributed by atoms with Crippen molar-refractivity contribution < 1.29 is 22.7 Å². The quantitative estimate of drug-likeness (QED) is 0.837. The third kappa shape index (κ3) is 3.82. The van der Waals surface area contributed by atoms with Gasteiger partial charge >= 0.3 is 0 Å². The molecule has 0 unspecified atom stereocenters. The third-order valence-corrected chi connectivity index (χ3v) is 5.32. The fourth-order valence-corrected chi connectivity index (χ4v) is 3.37. The lowest BCUT2D eigenvalue weighted by Crippen LogP contribution is -2.39. The molecule has 3 rings (SSSR count). The number of nitrogens with one attached hydrogen (secondary N) is 1. The van der Waals surface area contributed by atoms with Gasteiger partial charge in [0, 0.05) is 12.3 Å². The molecule has 0 spiro atoms. The summed E-state index contributed by atoms with van der Waals surface area (Å²) in [7, 11) is -3.66. The molecule has 0 atom stereocenters. The predicted molar refractivity (Wildman–Crippen MR) is 92.2 cm³/mol. The second-order valence-corrected chi connectivity index (χ2v) is 7.42. The van der Waals surface area contributed by atoms with Gasteiger partial charge in [0.1, 0.15) is 6.54 Å². The van der Waals surface area contributed by atoms with E-state index in [0.717, 1.165) is 4.31 Å². The molecule has 0 bridgehead atoms. The Morgan fingerprint density at radius 2 is 2.08 bits per heavy atom. The number of ether oxygens (including phenoxy) is 2. The maximum absolute atomic E-state index is 12.4. The van der Waals surface area contributed by atoms with E-state index in [-0.39, 0.29) is 19.1 Å². The number of benzene rings is 1. The van der Waals surface area contributed by atoms with Crippen LogP contribution in [0.4, 0.5) is 11.4 Å². The lowest BCUT2D eigenvalue weighted by Gasteiger charge is -2.23. The number of hydrogen-bond donors (Lipinski definition) is 1. The number of nitrogens with zero attached hydrogens (tertiary/aromatic N) is 2. The van der Waals surface area contributed by atoms with Crippen LogP contribution in [0.25, 0.3) is 0 Å². The summed E-state index contributed by atoms with van der Waals surface area (Å²) in [5.74, 6) is 0.378. The van der Waals surface area contributed by atoms with Crippen LogP contribution in [-0.2, 0) is 14.8 Å². The number of carbonyl (C=O) groups is 1. The first-order chi connectivity index (χ1) is 12.0. The zero-order valence-electron chi connectivity index (χ0n) is 13.5. The third-order valence-electron chi connectivity index (χ3n) is 3.58. The number of carbonyl (C=O) groups excluding carboxylic acids is 1. The summed E-state index contributed by atoms with van der Waals surface area (Å²) < 4.78 is 36.5. The summed E-state index contributed by atoms with van der Waals surface area (Å²) in [5, 5.41) is 2.63. The zero-order chi connectivity index (χ0) is 17.9. The van der Waals surface area contributed by atoms with Gasteiger partial charge in [0.15, 0.2) is 11.5 Å². The van der Waals surface area contributed by atoms with Crippen LogP contribution in [0.5, 0.6) is 11.5 Å². The standard InChI is InChI=1S/C16H17N3O5S/c1-2-25(21,22)19(10-16(20)18-12-4-3-7-17-9-12)13-5-6-14-15(8-13)24-11-23-14/h3-9H,2,10-11H2,1H3,(H,18,20). The van der Waals surface area contributed by atoms with E-state index < -0.39 is 15.9 Å². The monoisotopic (exact) mass is 363 g/mol. The fraction of sp³-hybridized carbons (Fsp3) is 0.250. The van der Waals surface area contributed by atoms with Gasteiger partial charge in [0.2, 0.25) is 22.7 Å². The average Bonchev–Trinajstić information content (AvgIpc) is 3.08. The predicted octanol–water partition coefficient (Wildman–Crippen LogP) is 1.61. The molecular weight excluding hydrogens is 346 g/mol. The zero-order valence-corrected chi connectivity index (χ0v) is 14.3. The Labute approximate surface area is 145 Å². The number of hydrogen-bond acceptors (Lipinski definition) is 6. The van der Waals surface area contributed by atoms with E-state index >= 15 is 0 Å². The van der Waals surface area contributed by atoms with Gasteiger partial charge < -0.3 is 14.8 Å². The van der Waals surface area contributed by atoms with Crippen LogP contribution in [0.3, 0.4) is 0 Å². The van der Waals surface area contributed by atoms with E-state index in [2.05, 4.69) is 10.3 Å². The Balaban J connectivity index is 1.84. The van der Waals surface area contributed by atoms with Crippen molar-refractivity contribution in [3.8, 4) is 11.5 Å². The molecule has 0 fully saturated rings. The SMILES string of the molecule is CCS(=O)(=O)N(CC(=O)Nc1cccnc1)c1ccc2c(c1)OCO2. The molecule has 8 nitrogen and oxygen atoms in total. The van der Waals surface area contributed by atoms with Gasteiger partial charge in [-0.15, -0.1) is 0 Å². The summed E-state index contributed by atoms with van der Waals surface area (Å²) in [5.41, 5.74) is 0.833. The van der Waals surface area contributed by atoms with Gasteiger partial charge in [0.05, 0.1) is 23.3 Å². The number of rotatable bonds is 6. The van der Waals surface area contributed by atoms with Crippen molar-refractivity contribution in [1.82, 2.24) is 4.98 Å². The molecule has 0 saturated carbocycles. The molecule has 1 aromatic heterocycles. The molecule has 0 saturated heterocycles. The molecule has 132 valence electrons. The van der Waals surface area contributed by atoms with Gasteiger partial charge in [-0.05, 0) is 31.2 Å². The number of amides is 1. The van der Waals surface area contributed by atoms with Crippen LogP contribution < -0.4 is 19.1 Å². The first-order valence-electron chi connectivity index (χ1n) is 7.59. The van der Waals surface area contributed by atoms with E-state index in [9.17, 15) is 13.2 Å². The van der Waals surface area contributed by atoms with Crippen molar-refractivity contribution in [2.24, 2.45) is 0 Å². The van der Waals surface area contributed by atoms with Crippen LogP contribution in [0, 0.1) is 0 Å². The van der Waals surface area contributed by atoms with Crippen molar-refractivity contribution >= 4 is 27.3 Å². The van der Waals surface area contributed by atoms with E-state index in [4.69, 9.17) is 9.47 Å². The molecule has 1 amide bonds. The van der Waals surface area contributed by atoms with E-state index in [1.807, 2.05) is 0 Å². The summed E-state index contributed by atoms with van der Waals surface area (Å²) in [6, 6.07) is 8.10. The smallest absolute Gasteiger partial charge is 0.245 e. The molecule has 1 N–H and O–H groups in total. The molecular formula is C16H17N3O5S. The average molecular weight is 363 g/mol. The highest BCUT2D eigenvalue weighted by Gasteiger charge is 2.25. The van der Waals surface area contributed by atoms with Gasteiger partial charge in [0.25, 0.3) is 0 Å². The molecule has 0 aliphatic carbocycles. The van der Waals surface area contributed by atoms with Crippen molar-refractivity contribution in [3.63, 3.8) is 0 Å². The highest BCUT2D eigenvalue weighted by molar-refractivity contribution is 7.92. The Kier molecular flexibility index (Phi) is 4.75. The fourth-order valence-electron chi connectivity index (χ4n) is 2.31. The normalized spacial score (nSPS) is 12.7. The van der Waals surface area contributed by atoms with Crippen molar-refractivity contribution in [2.45, 2.75) is 6.92 Å². The van der Waals surface area contributed by atoms with E-state index in [1.165, 1.54) is 13.1 Å². The van der Waals surface area contributed by atoms with Crippen LogP contribution in [-0.4, -0.2) is 38.4 Å². The minimum absolute atomic E-state index is 0.0841. The summed E-state index contributed by atoms with van der Waals surface area (Å²) in [6.45, 7) is 1.25. The largest absolute Gasteiger partial charge is 0.454 e. The minimum Gasteiger partial charge on any atom is -0.454 e. The Morgan fingerprint density at radius 3 is 2.80 bits per heavy atom. The van der Waals surface area contributed by atoms with E-state index in [0.29, 0.717) is 22.9 Å². The second kappa shape index (κ2) is 6.98. The van der Waals surface area contributed by atoms with E-state index in [1.54, 1.807) is 36.5 Å². The van der Waals surface area contributed by atoms with Crippen molar-refractivity contribution in [2.75, 3.05) is 28.7 Å². The first kappa shape index (κ1) is 17.0. The molecule has 0 radical (unpaired) electrons. The van der Waals surface area contributed by atoms with Gasteiger partial charge in [-0.25, -0.2) is 8.42 Å². The molecule has 1 aromatic carbocycles. The molecule has 9 heteroatoms. The maximum Gasteiger partial charge on any atom is 0.245 e. The Morgan fingerprint density at radius 1 is 1.28 bits per heavy atom. The summed E-state index contributed by atoms with van der Waals surface area (Å²) in [4.78, 5) is 16.2. The molecule has 2 heterocycles. The first-order valence-corrected chi connectivity index (χ1v) is 9.20. The summed E-state index contributed by atoms with van der Waals surface area (Å²) in [6.07, 6.45) is 3.06. The Bertz CT molecular complexity index is 871. The second-order valence-electron chi connectivity index (χ2n) is 5.23. The topological polar surface area (TPSA) is 97.8 Å². The van der Waals surface area contributed by atoms with Crippen molar-refractivity contribution in [3.05, 3.63) is 42.7 Å². The Hall–Kier alpha value is -2.81. The van der Waals surface area contributed by atoms with Gasteiger partial charge in [-0.2, -0.15) is 0 Å². The number of aromatic nitrogens is 1. The number of fused-ring (bicyclic) bond motifs is 1. The van der Waals surface area contributed by atoms with Crippen LogP contribution in [0.1, 0.15) is 6.92 Å². The van der Waals surface area contributed by atoms with Gasteiger partial charge in [-0.1, -0.05) is 0 Å². The van der Waals surface area contributed by atoms with Crippen LogP contribution >= 0.6 is 0 Å². The van der Waals surface area contributed by atoms with Crippen LogP contribution in [0.2, 0.25) is 0 Å². The highest BCUT2D eigenvalue weighted by Crippen LogP contribution is 2.36. The lowest BCUT2D eigenvalue weighted by atomic mass is 10.2. The van der Waals surface area contributed by atoms with Crippen LogP contribution in [0.15, 0.2) is 42.7 Å². The minimum atomic E-state index is -3.66. The molecule has 2 aromatic rings. The number of pyridine rings is 1. The molecule has 1 aliphatic heterocycles. The molecule has 25 heavy (non-hydrogen) atoms. The highest BCUT2D eigenvalue weighted by atomic mass is 32.2. The number of anilines is 2. The summed E-state index contributed by atoms with van der Waals surface area (Å²) >= 11 is 0.